The molecule has 2 fully saturated rings. The van der Waals surface area contributed by atoms with Gasteiger partial charge in [0.1, 0.15) is 6.04 Å². The highest BCUT2D eigenvalue weighted by molar-refractivity contribution is 5.78. The third kappa shape index (κ3) is 1.98. The van der Waals surface area contributed by atoms with Gasteiger partial charge < -0.3 is 10.2 Å². The average Bonchev–Trinajstić information content (AvgIpc) is 2.98. The molecule has 0 unspecified atom stereocenters. The van der Waals surface area contributed by atoms with Crippen LogP contribution in [0.25, 0.3) is 0 Å². The van der Waals surface area contributed by atoms with Crippen molar-refractivity contribution in [3.05, 3.63) is 0 Å². The second-order valence-electron chi connectivity index (χ2n) is 4.08. The molecule has 0 aromatic rings. The fourth-order valence-corrected chi connectivity index (χ4v) is 1.98. The van der Waals surface area contributed by atoms with Crippen molar-refractivity contribution >= 4 is 6.03 Å². The Labute approximate surface area is 83.9 Å². The van der Waals surface area contributed by atoms with Crippen molar-refractivity contribution in [2.45, 2.75) is 44.2 Å². The molecule has 4 nitrogen and oxygen atoms in total. The molecule has 0 bridgehead atoms. The molecular formula is C10H15N3O. The molecule has 1 N–H and O–H groups in total. The molecule has 1 atom stereocenters. The van der Waals surface area contributed by atoms with Gasteiger partial charge in [-0.3, -0.25) is 0 Å². The van der Waals surface area contributed by atoms with Gasteiger partial charge in [-0.2, -0.15) is 5.26 Å². The second kappa shape index (κ2) is 3.87. The van der Waals surface area contributed by atoms with Crippen LogP contribution >= 0.6 is 0 Å². The van der Waals surface area contributed by atoms with E-state index in [0.29, 0.717) is 12.6 Å². The summed E-state index contributed by atoms with van der Waals surface area (Å²) in [6.07, 6.45) is 5.91. The van der Waals surface area contributed by atoms with Gasteiger partial charge in [0.25, 0.3) is 0 Å². The van der Waals surface area contributed by atoms with Crippen molar-refractivity contribution in [3.8, 4) is 6.07 Å². The second-order valence-corrected chi connectivity index (χ2v) is 4.08. The van der Waals surface area contributed by atoms with E-state index in [1.165, 1.54) is 19.3 Å². The Morgan fingerprint density at radius 2 is 2.07 bits per heavy atom. The molecule has 0 spiro atoms. The van der Waals surface area contributed by atoms with E-state index in [1.54, 1.807) is 4.90 Å². The summed E-state index contributed by atoms with van der Waals surface area (Å²) in [5.74, 6) is 0. The van der Waals surface area contributed by atoms with Crippen LogP contribution in [0.15, 0.2) is 0 Å². The van der Waals surface area contributed by atoms with E-state index in [-0.39, 0.29) is 12.1 Å². The van der Waals surface area contributed by atoms with Crippen LogP contribution < -0.4 is 5.32 Å². The number of amides is 2. The van der Waals surface area contributed by atoms with E-state index in [0.717, 1.165) is 12.8 Å². The van der Waals surface area contributed by atoms with Gasteiger partial charge in [0.05, 0.1) is 12.6 Å². The standard InChI is InChI=1S/C10H15N3O/c11-6-9-7-13(9)10(14)12-8-4-2-1-3-5-8/h8-9H,1-5,7H2,(H,12,14)/t9-,13?/m0/s1. The molecule has 0 radical (unpaired) electrons. The number of nitriles is 1. The van der Waals surface area contributed by atoms with Gasteiger partial charge in [0.2, 0.25) is 0 Å². The first-order valence-corrected chi connectivity index (χ1v) is 5.28. The molecule has 1 saturated heterocycles. The Hall–Kier alpha value is -1.24. The van der Waals surface area contributed by atoms with E-state index in [4.69, 9.17) is 5.26 Å². The SMILES string of the molecule is N#C[C@H]1CN1C(=O)NC1CCCCC1. The van der Waals surface area contributed by atoms with Gasteiger partial charge in [-0.05, 0) is 12.8 Å². The highest BCUT2D eigenvalue weighted by Crippen LogP contribution is 2.20. The van der Waals surface area contributed by atoms with Crippen molar-refractivity contribution in [2.24, 2.45) is 0 Å². The Morgan fingerprint density at radius 1 is 1.36 bits per heavy atom. The van der Waals surface area contributed by atoms with Crippen LogP contribution in [-0.4, -0.2) is 29.6 Å². The number of urea groups is 1. The molecule has 1 saturated carbocycles. The number of carbonyl (C=O) groups excluding carboxylic acids is 1. The first kappa shape index (κ1) is 9.32. The smallest absolute Gasteiger partial charge is 0.318 e. The topological polar surface area (TPSA) is 55.9 Å². The summed E-state index contributed by atoms with van der Waals surface area (Å²) in [5, 5.41) is 11.5. The lowest BCUT2D eigenvalue weighted by molar-refractivity contribution is 0.220. The van der Waals surface area contributed by atoms with Crippen molar-refractivity contribution in [1.29, 1.82) is 5.26 Å². The van der Waals surface area contributed by atoms with E-state index in [2.05, 4.69) is 11.4 Å². The van der Waals surface area contributed by atoms with Gasteiger partial charge in [-0.25, -0.2) is 4.79 Å². The molecule has 1 heterocycles. The molecular weight excluding hydrogens is 178 g/mol. The van der Waals surface area contributed by atoms with E-state index >= 15 is 0 Å². The number of hydrogen-bond acceptors (Lipinski definition) is 2. The quantitative estimate of drug-likeness (QED) is 0.637. The summed E-state index contributed by atoms with van der Waals surface area (Å²) < 4.78 is 0. The average molecular weight is 193 g/mol. The van der Waals surface area contributed by atoms with E-state index < -0.39 is 0 Å². The summed E-state index contributed by atoms with van der Waals surface area (Å²) in [5.41, 5.74) is 0. The molecule has 1 aliphatic carbocycles. The number of hydrogen-bond donors (Lipinski definition) is 1. The van der Waals surface area contributed by atoms with Gasteiger partial charge in [-0.15, -0.1) is 0 Å². The Kier molecular flexibility index (Phi) is 2.58. The predicted octanol–water partition coefficient (Wildman–Crippen LogP) is 1.24. The molecule has 2 aliphatic rings. The lowest BCUT2D eigenvalue weighted by Gasteiger charge is -2.22. The van der Waals surface area contributed by atoms with Crippen molar-refractivity contribution in [1.82, 2.24) is 10.2 Å². The van der Waals surface area contributed by atoms with E-state index in [9.17, 15) is 4.79 Å². The van der Waals surface area contributed by atoms with Crippen LogP contribution in [0.4, 0.5) is 4.79 Å². The van der Waals surface area contributed by atoms with Crippen molar-refractivity contribution in [3.63, 3.8) is 0 Å². The van der Waals surface area contributed by atoms with Crippen LogP contribution in [0.3, 0.4) is 0 Å². The molecule has 4 heteroatoms. The summed E-state index contributed by atoms with van der Waals surface area (Å²) in [7, 11) is 0. The lowest BCUT2D eigenvalue weighted by atomic mass is 9.96. The van der Waals surface area contributed by atoms with Crippen LogP contribution in [0.1, 0.15) is 32.1 Å². The fraction of sp³-hybridized carbons (Fsp3) is 0.800. The van der Waals surface area contributed by atoms with Crippen molar-refractivity contribution < 1.29 is 4.79 Å². The minimum absolute atomic E-state index is 0.0524. The number of nitrogens with one attached hydrogen (secondary N) is 1. The monoisotopic (exact) mass is 193 g/mol. The fourth-order valence-electron chi connectivity index (χ4n) is 1.98. The molecule has 76 valence electrons. The Morgan fingerprint density at radius 3 is 2.64 bits per heavy atom. The lowest BCUT2D eigenvalue weighted by Crippen LogP contribution is -2.39. The third-order valence-electron chi connectivity index (χ3n) is 2.95. The maximum Gasteiger partial charge on any atom is 0.318 e. The molecule has 2 rings (SSSR count). The Balaban J connectivity index is 1.75. The minimum Gasteiger partial charge on any atom is -0.335 e. The maximum atomic E-state index is 11.5. The third-order valence-corrected chi connectivity index (χ3v) is 2.95. The summed E-state index contributed by atoms with van der Waals surface area (Å²) in [6.45, 7) is 0.606. The zero-order valence-corrected chi connectivity index (χ0v) is 8.20. The zero-order valence-electron chi connectivity index (χ0n) is 8.20. The maximum absolute atomic E-state index is 11.5. The van der Waals surface area contributed by atoms with Crippen molar-refractivity contribution in [2.75, 3.05) is 6.54 Å². The van der Waals surface area contributed by atoms with Crippen LogP contribution in [0.5, 0.6) is 0 Å². The van der Waals surface area contributed by atoms with Gasteiger partial charge in [-0.1, -0.05) is 19.3 Å². The Bertz CT molecular complexity index is 265. The number of nitrogens with zero attached hydrogens (tertiary/aromatic N) is 2. The summed E-state index contributed by atoms with van der Waals surface area (Å²) >= 11 is 0. The number of carbonyl (C=O) groups is 1. The van der Waals surface area contributed by atoms with Crippen LogP contribution in [-0.2, 0) is 0 Å². The first-order chi connectivity index (χ1) is 6.81. The highest BCUT2D eigenvalue weighted by Gasteiger charge is 2.39. The van der Waals surface area contributed by atoms with Crippen LogP contribution in [0.2, 0.25) is 0 Å². The van der Waals surface area contributed by atoms with Gasteiger partial charge >= 0.3 is 6.03 Å². The summed E-state index contributed by atoms with van der Waals surface area (Å²) in [4.78, 5) is 13.1. The molecule has 0 aromatic heterocycles. The minimum atomic E-state index is -0.168. The van der Waals surface area contributed by atoms with Gasteiger partial charge in [0.15, 0.2) is 0 Å². The number of rotatable bonds is 1. The first-order valence-electron chi connectivity index (χ1n) is 5.28. The molecule has 14 heavy (non-hydrogen) atoms. The van der Waals surface area contributed by atoms with E-state index in [1.807, 2.05) is 0 Å². The molecule has 1 aliphatic heterocycles. The van der Waals surface area contributed by atoms with Crippen LogP contribution in [0, 0.1) is 11.3 Å². The zero-order chi connectivity index (χ0) is 9.97. The highest BCUT2D eigenvalue weighted by atomic mass is 16.2. The predicted molar refractivity (Wildman–Crippen MR) is 51.5 cm³/mol. The molecule has 2 amide bonds. The normalized spacial score (nSPS) is 26.8. The largest absolute Gasteiger partial charge is 0.335 e. The summed E-state index contributed by atoms with van der Waals surface area (Å²) in [6, 6.07) is 2.20. The van der Waals surface area contributed by atoms with Gasteiger partial charge in [0, 0.05) is 6.04 Å². The molecule has 0 aromatic carbocycles.